The van der Waals surface area contributed by atoms with Crippen LogP contribution in [0.25, 0.3) is 10.9 Å². The number of aromatic nitrogens is 1. The van der Waals surface area contributed by atoms with Gasteiger partial charge >= 0.3 is 0 Å². The Labute approximate surface area is 221 Å². The third-order valence-electron chi connectivity index (χ3n) is 6.89. The zero-order valence-corrected chi connectivity index (χ0v) is 21.7. The molecule has 0 spiro atoms. The first-order chi connectivity index (χ1) is 17.7. The lowest BCUT2D eigenvalue weighted by Crippen LogP contribution is -2.24. The van der Waals surface area contributed by atoms with Gasteiger partial charge in [0, 0.05) is 41.6 Å². The van der Waals surface area contributed by atoms with Gasteiger partial charge in [0.15, 0.2) is 0 Å². The number of halogens is 1. The van der Waals surface area contributed by atoms with Gasteiger partial charge in [-0.2, -0.15) is 0 Å². The highest BCUT2D eigenvalue weighted by Gasteiger charge is 2.28. The van der Waals surface area contributed by atoms with Crippen LogP contribution in [0.4, 0.5) is 11.5 Å². The van der Waals surface area contributed by atoms with E-state index in [0.29, 0.717) is 0 Å². The van der Waals surface area contributed by atoms with E-state index < -0.39 is 0 Å². The Balaban J connectivity index is 1.50. The molecule has 4 aromatic carbocycles. The highest BCUT2D eigenvalue weighted by Crippen LogP contribution is 2.42. The summed E-state index contributed by atoms with van der Waals surface area (Å²) in [5.74, 6) is 1.12. The van der Waals surface area contributed by atoms with E-state index in [9.17, 15) is 0 Å². The molecule has 3 nitrogen and oxygen atoms in total. The third-order valence-corrected chi connectivity index (χ3v) is 7.39. The molecular weight excluding hydrogens is 506 g/mol. The van der Waals surface area contributed by atoms with E-state index in [1.54, 1.807) is 0 Å². The van der Waals surface area contributed by atoms with Crippen LogP contribution >= 0.6 is 15.9 Å². The quantitative estimate of drug-likeness (QED) is 0.213. The molecule has 0 fully saturated rings. The summed E-state index contributed by atoms with van der Waals surface area (Å²) in [5.41, 5.74) is 7.62. The van der Waals surface area contributed by atoms with Gasteiger partial charge in [0.25, 0.3) is 0 Å². The summed E-state index contributed by atoms with van der Waals surface area (Å²) in [4.78, 5) is 10.2. The largest absolute Gasteiger partial charge is 0.362 e. The molecule has 1 aliphatic heterocycles. The summed E-state index contributed by atoms with van der Waals surface area (Å²) in [6.07, 6.45) is 0.993. The van der Waals surface area contributed by atoms with Gasteiger partial charge in [-0.25, -0.2) is 4.98 Å². The number of benzene rings is 4. The zero-order valence-electron chi connectivity index (χ0n) is 20.1. The van der Waals surface area contributed by atoms with Gasteiger partial charge in [-0.05, 0) is 41.3 Å². The SMILES string of the molecule is Brc1ccc2nc3c(c(N(Cc4ccccc4)Cc4ccccc4)c2c1)CCN3Cc1ccccc1. The summed E-state index contributed by atoms with van der Waals surface area (Å²) >= 11 is 3.73. The van der Waals surface area contributed by atoms with E-state index in [1.807, 2.05) is 0 Å². The van der Waals surface area contributed by atoms with Gasteiger partial charge in [-0.1, -0.05) is 107 Å². The molecule has 1 aromatic heterocycles. The molecule has 0 N–H and O–H groups in total. The summed E-state index contributed by atoms with van der Waals surface area (Å²) in [7, 11) is 0. The molecule has 5 aromatic rings. The van der Waals surface area contributed by atoms with Crippen molar-refractivity contribution in [1.29, 1.82) is 0 Å². The predicted molar refractivity (Wildman–Crippen MR) is 153 cm³/mol. The number of nitrogens with zero attached hydrogens (tertiary/aromatic N) is 3. The number of anilines is 2. The summed E-state index contributed by atoms with van der Waals surface area (Å²) in [6.45, 7) is 3.53. The summed E-state index contributed by atoms with van der Waals surface area (Å²) in [6, 6.07) is 38.8. The molecule has 0 radical (unpaired) electrons. The fourth-order valence-electron chi connectivity index (χ4n) is 5.23. The van der Waals surface area contributed by atoms with Gasteiger partial charge in [0.1, 0.15) is 5.82 Å². The van der Waals surface area contributed by atoms with Crippen molar-refractivity contribution in [2.45, 2.75) is 26.1 Å². The van der Waals surface area contributed by atoms with Crippen molar-refractivity contribution in [3.8, 4) is 0 Å². The number of hydrogen-bond acceptors (Lipinski definition) is 3. The standard InChI is InChI=1S/C32H28BrN3/c33-27-16-17-30-29(20-27)31(28-18-19-35(32(28)34-30)21-24-10-4-1-5-11-24)36(22-25-12-6-2-7-13-25)23-26-14-8-3-9-15-26/h1-17,20H,18-19,21-23H2. The lowest BCUT2D eigenvalue weighted by Gasteiger charge is -2.29. The molecule has 0 amide bonds. The van der Waals surface area contributed by atoms with Gasteiger partial charge < -0.3 is 9.80 Å². The van der Waals surface area contributed by atoms with Gasteiger partial charge in [-0.15, -0.1) is 0 Å². The monoisotopic (exact) mass is 533 g/mol. The van der Waals surface area contributed by atoms with Crippen LogP contribution in [0.1, 0.15) is 22.3 Å². The Kier molecular flexibility index (Phi) is 6.44. The second-order valence-corrected chi connectivity index (χ2v) is 10.3. The maximum atomic E-state index is 5.21. The van der Waals surface area contributed by atoms with Gasteiger partial charge in [0.2, 0.25) is 0 Å². The van der Waals surface area contributed by atoms with Crippen LogP contribution in [0.2, 0.25) is 0 Å². The molecule has 0 saturated heterocycles. The molecule has 0 saturated carbocycles. The maximum Gasteiger partial charge on any atom is 0.134 e. The van der Waals surface area contributed by atoms with Crippen LogP contribution in [0.5, 0.6) is 0 Å². The smallest absolute Gasteiger partial charge is 0.134 e. The van der Waals surface area contributed by atoms with Crippen LogP contribution in [0.3, 0.4) is 0 Å². The summed E-state index contributed by atoms with van der Waals surface area (Å²) < 4.78 is 1.08. The normalized spacial score (nSPS) is 12.6. The van der Waals surface area contributed by atoms with Crippen LogP contribution in [0.15, 0.2) is 114 Å². The average Bonchev–Trinajstić information content (AvgIpc) is 3.30. The minimum absolute atomic E-state index is 0.840. The Hall–Kier alpha value is -3.63. The van der Waals surface area contributed by atoms with Crippen molar-refractivity contribution >= 4 is 38.3 Å². The van der Waals surface area contributed by atoms with Crippen LogP contribution in [0, 0.1) is 0 Å². The first kappa shape index (κ1) is 22.8. The highest BCUT2D eigenvalue weighted by atomic mass is 79.9. The average molecular weight is 535 g/mol. The van der Waals surface area contributed by atoms with E-state index in [4.69, 9.17) is 4.98 Å². The Morgan fingerprint density at radius 2 is 1.31 bits per heavy atom. The zero-order chi connectivity index (χ0) is 24.3. The van der Waals surface area contributed by atoms with E-state index in [-0.39, 0.29) is 0 Å². The van der Waals surface area contributed by atoms with Crippen molar-refractivity contribution < 1.29 is 0 Å². The third kappa shape index (κ3) is 4.74. The van der Waals surface area contributed by atoms with E-state index in [2.05, 4.69) is 135 Å². The fourth-order valence-corrected chi connectivity index (χ4v) is 5.59. The minimum atomic E-state index is 0.840. The minimum Gasteiger partial charge on any atom is -0.362 e. The lowest BCUT2D eigenvalue weighted by molar-refractivity contribution is 0.796. The second-order valence-electron chi connectivity index (χ2n) is 9.41. The van der Waals surface area contributed by atoms with Crippen molar-refractivity contribution in [2.24, 2.45) is 0 Å². The molecule has 0 atom stereocenters. The van der Waals surface area contributed by atoms with E-state index >= 15 is 0 Å². The Morgan fingerprint density at radius 1 is 0.722 bits per heavy atom. The van der Waals surface area contributed by atoms with Crippen molar-refractivity contribution in [2.75, 3.05) is 16.3 Å². The molecule has 6 rings (SSSR count). The summed E-state index contributed by atoms with van der Waals surface area (Å²) in [5, 5.41) is 1.21. The van der Waals surface area contributed by atoms with Crippen molar-refractivity contribution in [3.63, 3.8) is 0 Å². The predicted octanol–water partition coefficient (Wildman–Crippen LogP) is 7.77. The maximum absolute atomic E-state index is 5.21. The molecule has 178 valence electrons. The van der Waals surface area contributed by atoms with E-state index in [1.165, 1.54) is 33.3 Å². The molecule has 1 aliphatic rings. The topological polar surface area (TPSA) is 19.4 Å². The molecule has 2 heterocycles. The Morgan fingerprint density at radius 3 is 1.92 bits per heavy atom. The van der Waals surface area contributed by atoms with Gasteiger partial charge in [0.05, 0.1) is 11.2 Å². The molecular formula is C32H28BrN3. The molecule has 36 heavy (non-hydrogen) atoms. The highest BCUT2D eigenvalue weighted by molar-refractivity contribution is 9.10. The lowest BCUT2D eigenvalue weighted by atomic mass is 10.0. The van der Waals surface area contributed by atoms with Crippen molar-refractivity contribution in [3.05, 3.63) is 136 Å². The number of rotatable bonds is 7. The Bertz CT molecular complexity index is 1430. The molecule has 0 bridgehead atoms. The van der Waals surface area contributed by atoms with E-state index in [0.717, 1.165) is 48.4 Å². The molecule has 0 unspecified atom stereocenters. The molecule has 4 heteroatoms. The molecule has 0 aliphatic carbocycles. The number of hydrogen-bond donors (Lipinski definition) is 0. The van der Waals surface area contributed by atoms with Crippen molar-refractivity contribution in [1.82, 2.24) is 4.98 Å². The second kappa shape index (κ2) is 10.2. The van der Waals surface area contributed by atoms with Crippen LogP contribution in [-0.2, 0) is 26.1 Å². The van der Waals surface area contributed by atoms with Crippen LogP contribution < -0.4 is 9.80 Å². The van der Waals surface area contributed by atoms with Crippen LogP contribution in [-0.4, -0.2) is 11.5 Å². The fraction of sp³-hybridized carbons (Fsp3) is 0.156. The number of fused-ring (bicyclic) bond motifs is 2. The first-order valence-corrected chi connectivity index (χ1v) is 13.3. The first-order valence-electron chi connectivity index (χ1n) is 12.5. The van der Waals surface area contributed by atoms with Gasteiger partial charge in [-0.3, -0.25) is 0 Å². The number of pyridine rings is 1.